The lowest BCUT2D eigenvalue weighted by atomic mass is 9.55. The Hall–Kier alpha value is -1.47. The van der Waals surface area contributed by atoms with Crippen LogP contribution in [0.25, 0.3) is 0 Å². The van der Waals surface area contributed by atoms with Crippen molar-refractivity contribution in [2.24, 2.45) is 22.2 Å². The highest BCUT2D eigenvalue weighted by Gasteiger charge is 2.47. The Morgan fingerprint density at radius 1 is 0.909 bits per heavy atom. The molecule has 0 spiro atoms. The molecule has 0 saturated heterocycles. The maximum absolute atomic E-state index is 12.3. The molecule has 1 aromatic carbocycles. The molecule has 2 N–H and O–H groups in total. The standard InChI is InChI=1S/C26H46O6S/c1-13-17-18(19(27)21(32-12)22(20(17)31-11)33(28,29)30)23(25(7,8)14-16(2)3)26(9,10)15-24(4,5)6/h16,23,27H,13-15H2,1-12H3,(H,28,29,30). The van der Waals surface area contributed by atoms with Crippen molar-refractivity contribution in [1.29, 1.82) is 0 Å². The van der Waals surface area contributed by atoms with Crippen LogP contribution in [0.1, 0.15) is 99.1 Å². The Bertz CT molecular complexity index is 937. The molecule has 0 bridgehead atoms. The molecule has 0 fully saturated rings. The van der Waals surface area contributed by atoms with Crippen LogP contribution in [-0.4, -0.2) is 32.3 Å². The van der Waals surface area contributed by atoms with E-state index in [1.807, 2.05) is 6.92 Å². The zero-order chi connectivity index (χ0) is 26.2. The molecule has 192 valence electrons. The monoisotopic (exact) mass is 486 g/mol. The SMILES string of the molecule is CCc1c(OC)c(S(=O)(=O)O)c(OC)c(O)c1C(C(C)(C)CC(C)C)C(C)(C)CC(C)(C)C. The van der Waals surface area contributed by atoms with Gasteiger partial charge in [-0.2, -0.15) is 8.42 Å². The van der Waals surface area contributed by atoms with E-state index in [0.717, 1.165) is 12.8 Å². The zero-order valence-electron chi connectivity index (χ0n) is 22.7. The van der Waals surface area contributed by atoms with Gasteiger partial charge < -0.3 is 14.6 Å². The van der Waals surface area contributed by atoms with Crippen LogP contribution in [0.2, 0.25) is 0 Å². The predicted octanol–water partition coefficient (Wildman–Crippen LogP) is 6.84. The van der Waals surface area contributed by atoms with Crippen LogP contribution in [0.4, 0.5) is 0 Å². The second-order valence-electron chi connectivity index (χ2n) is 12.2. The molecule has 0 heterocycles. The van der Waals surface area contributed by atoms with Crippen molar-refractivity contribution < 1.29 is 27.6 Å². The van der Waals surface area contributed by atoms with Gasteiger partial charge in [0.15, 0.2) is 16.4 Å². The fraction of sp³-hybridized carbons (Fsp3) is 0.769. The van der Waals surface area contributed by atoms with E-state index in [1.54, 1.807) is 0 Å². The van der Waals surface area contributed by atoms with E-state index in [2.05, 4.69) is 62.3 Å². The van der Waals surface area contributed by atoms with E-state index in [-0.39, 0.29) is 39.4 Å². The molecule has 0 aliphatic heterocycles. The second kappa shape index (κ2) is 10.0. The number of aromatic hydroxyl groups is 1. The Morgan fingerprint density at radius 2 is 1.39 bits per heavy atom. The van der Waals surface area contributed by atoms with Crippen molar-refractivity contribution in [3.63, 3.8) is 0 Å². The summed E-state index contributed by atoms with van der Waals surface area (Å²) in [4.78, 5) is -0.528. The highest BCUT2D eigenvalue weighted by Crippen LogP contribution is 2.60. The third kappa shape index (κ3) is 6.56. The molecule has 0 radical (unpaired) electrons. The number of ether oxygens (including phenoxy) is 2. The largest absolute Gasteiger partial charge is 0.504 e. The lowest BCUT2D eigenvalue weighted by Gasteiger charge is -2.49. The van der Waals surface area contributed by atoms with Gasteiger partial charge in [-0.15, -0.1) is 0 Å². The zero-order valence-corrected chi connectivity index (χ0v) is 23.5. The number of benzene rings is 1. The fourth-order valence-electron chi connectivity index (χ4n) is 6.51. The maximum atomic E-state index is 12.3. The summed E-state index contributed by atoms with van der Waals surface area (Å²) in [6.07, 6.45) is 2.19. The van der Waals surface area contributed by atoms with Crippen LogP contribution >= 0.6 is 0 Å². The van der Waals surface area contributed by atoms with Gasteiger partial charge in [-0.25, -0.2) is 0 Å². The van der Waals surface area contributed by atoms with Crippen molar-refractivity contribution in [1.82, 2.24) is 0 Å². The smallest absolute Gasteiger partial charge is 0.302 e. The number of hydrogen-bond donors (Lipinski definition) is 2. The van der Waals surface area contributed by atoms with E-state index in [4.69, 9.17) is 9.47 Å². The Labute approximate surface area is 201 Å². The summed E-state index contributed by atoms with van der Waals surface area (Å²) in [6.45, 7) is 21.7. The van der Waals surface area contributed by atoms with E-state index < -0.39 is 15.0 Å². The first kappa shape index (κ1) is 29.6. The van der Waals surface area contributed by atoms with Gasteiger partial charge in [0.1, 0.15) is 5.75 Å². The quantitative estimate of drug-likeness (QED) is 0.352. The van der Waals surface area contributed by atoms with Crippen molar-refractivity contribution in [2.45, 2.75) is 99.3 Å². The van der Waals surface area contributed by atoms with Crippen molar-refractivity contribution in [3.8, 4) is 17.2 Å². The number of rotatable bonds is 10. The molecule has 7 heteroatoms. The summed E-state index contributed by atoms with van der Waals surface area (Å²) in [6, 6.07) is 0. The molecule has 6 nitrogen and oxygen atoms in total. The Morgan fingerprint density at radius 3 is 1.73 bits per heavy atom. The normalized spacial score (nSPS) is 14.5. The van der Waals surface area contributed by atoms with Crippen LogP contribution in [0.15, 0.2) is 4.90 Å². The third-order valence-electron chi connectivity index (χ3n) is 6.27. The lowest BCUT2D eigenvalue weighted by molar-refractivity contribution is 0.0762. The molecular weight excluding hydrogens is 440 g/mol. The minimum absolute atomic E-state index is 0.0280. The second-order valence-corrected chi connectivity index (χ2v) is 13.6. The van der Waals surface area contributed by atoms with Gasteiger partial charge in [-0.3, -0.25) is 4.55 Å². The number of methoxy groups -OCH3 is 2. The van der Waals surface area contributed by atoms with Crippen LogP contribution < -0.4 is 9.47 Å². The third-order valence-corrected chi connectivity index (χ3v) is 7.16. The van der Waals surface area contributed by atoms with E-state index >= 15 is 0 Å². The molecule has 0 saturated carbocycles. The number of hydrogen-bond acceptors (Lipinski definition) is 5. The molecule has 0 aromatic heterocycles. The first-order valence-electron chi connectivity index (χ1n) is 11.7. The molecule has 1 aromatic rings. The van der Waals surface area contributed by atoms with Crippen molar-refractivity contribution in [3.05, 3.63) is 11.1 Å². The van der Waals surface area contributed by atoms with Gasteiger partial charge in [-0.1, -0.05) is 69.2 Å². The lowest BCUT2D eigenvalue weighted by Crippen LogP contribution is -2.38. The van der Waals surface area contributed by atoms with Crippen LogP contribution in [0, 0.1) is 22.2 Å². The highest BCUT2D eigenvalue weighted by molar-refractivity contribution is 7.86. The summed E-state index contributed by atoms with van der Waals surface area (Å²) in [7, 11) is -2.06. The first-order valence-corrected chi connectivity index (χ1v) is 13.2. The van der Waals surface area contributed by atoms with Gasteiger partial charge in [0.05, 0.1) is 14.2 Å². The maximum Gasteiger partial charge on any atom is 0.302 e. The molecule has 0 aliphatic rings. The fourth-order valence-corrected chi connectivity index (χ4v) is 7.37. The number of phenols is 1. The topological polar surface area (TPSA) is 93.1 Å². The average molecular weight is 487 g/mol. The van der Waals surface area contributed by atoms with Crippen LogP contribution in [0.5, 0.6) is 17.2 Å². The van der Waals surface area contributed by atoms with Gasteiger partial charge in [0.25, 0.3) is 0 Å². The van der Waals surface area contributed by atoms with E-state index in [0.29, 0.717) is 23.5 Å². The average Bonchev–Trinajstić information content (AvgIpc) is 2.57. The van der Waals surface area contributed by atoms with E-state index in [9.17, 15) is 18.1 Å². The highest BCUT2D eigenvalue weighted by atomic mass is 32.2. The predicted molar refractivity (Wildman–Crippen MR) is 134 cm³/mol. The van der Waals surface area contributed by atoms with Gasteiger partial charge >= 0.3 is 10.1 Å². The van der Waals surface area contributed by atoms with Gasteiger partial charge in [0.2, 0.25) is 0 Å². The first-order chi connectivity index (χ1) is 14.7. The van der Waals surface area contributed by atoms with Crippen molar-refractivity contribution >= 4 is 10.1 Å². The molecule has 1 atom stereocenters. The summed E-state index contributed by atoms with van der Waals surface area (Å²) < 4.78 is 45.5. The minimum Gasteiger partial charge on any atom is -0.504 e. The molecule has 1 rings (SSSR count). The minimum atomic E-state index is -4.71. The summed E-state index contributed by atoms with van der Waals surface area (Å²) in [5, 5.41) is 11.5. The molecule has 33 heavy (non-hydrogen) atoms. The Balaban J connectivity index is 4.26. The number of phenolic OH excluding ortho intramolecular Hbond substituents is 1. The van der Waals surface area contributed by atoms with Crippen LogP contribution in [-0.2, 0) is 16.5 Å². The Kier molecular flexibility index (Phi) is 8.98. The van der Waals surface area contributed by atoms with E-state index in [1.165, 1.54) is 14.2 Å². The summed E-state index contributed by atoms with van der Waals surface area (Å²) in [5.41, 5.74) is 0.721. The van der Waals surface area contributed by atoms with Crippen LogP contribution in [0.3, 0.4) is 0 Å². The molecule has 0 aliphatic carbocycles. The molecule has 0 amide bonds. The summed E-state index contributed by atoms with van der Waals surface area (Å²) >= 11 is 0. The summed E-state index contributed by atoms with van der Waals surface area (Å²) in [5.74, 6) is -0.229. The van der Waals surface area contributed by atoms with Crippen molar-refractivity contribution in [2.75, 3.05) is 14.2 Å². The van der Waals surface area contributed by atoms with Gasteiger partial charge in [0, 0.05) is 11.1 Å². The van der Waals surface area contributed by atoms with Gasteiger partial charge in [-0.05, 0) is 47.3 Å². The molecule has 1 unspecified atom stereocenters. The molecular formula is C26H46O6S.